The van der Waals surface area contributed by atoms with Crippen molar-refractivity contribution in [1.82, 2.24) is 20.0 Å². The zero-order valence-electron chi connectivity index (χ0n) is 22.4. The van der Waals surface area contributed by atoms with Gasteiger partial charge < -0.3 is 19.1 Å². The first-order chi connectivity index (χ1) is 18.0. The minimum absolute atomic E-state index is 0.0842. The van der Waals surface area contributed by atoms with Gasteiger partial charge in [0.2, 0.25) is 0 Å². The number of morpholine rings is 1. The first kappa shape index (κ1) is 27.7. The van der Waals surface area contributed by atoms with Crippen LogP contribution >= 0.6 is 0 Å². The van der Waals surface area contributed by atoms with Gasteiger partial charge in [0.1, 0.15) is 17.9 Å². The predicted molar refractivity (Wildman–Crippen MR) is 136 cm³/mol. The lowest BCUT2D eigenvalue weighted by Crippen LogP contribution is -2.38. The van der Waals surface area contributed by atoms with Crippen molar-refractivity contribution >= 4 is 17.4 Å². The second kappa shape index (κ2) is 11.2. The first-order valence-corrected chi connectivity index (χ1v) is 12.7. The number of H-pyrrole nitrogens is 1. The van der Waals surface area contributed by atoms with E-state index in [1.807, 2.05) is 20.8 Å². The molecule has 1 aromatic carbocycles. The summed E-state index contributed by atoms with van der Waals surface area (Å²) >= 11 is 0. The molecule has 0 atom stereocenters. The van der Waals surface area contributed by atoms with Crippen molar-refractivity contribution in [2.24, 2.45) is 0 Å². The van der Waals surface area contributed by atoms with Crippen LogP contribution in [-0.2, 0) is 19.7 Å². The fourth-order valence-electron chi connectivity index (χ4n) is 4.87. The van der Waals surface area contributed by atoms with Crippen molar-refractivity contribution in [1.29, 1.82) is 0 Å². The molecule has 2 aromatic rings. The molecular weight excluding hydrogens is 498 g/mol. The highest BCUT2D eigenvalue weighted by atomic mass is 19.1. The van der Waals surface area contributed by atoms with Crippen LogP contribution in [0.5, 0.6) is 5.75 Å². The Balaban J connectivity index is 1.60. The number of nitrogens with one attached hydrogen (secondary N) is 1. The van der Waals surface area contributed by atoms with Gasteiger partial charge in [-0.3, -0.25) is 14.8 Å². The first-order valence-electron chi connectivity index (χ1n) is 12.7. The Hall–Kier alpha value is -3.31. The minimum atomic E-state index is -0.975. The zero-order valence-corrected chi connectivity index (χ0v) is 22.4. The van der Waals surface area contributed by atoms with E-state index >= 15 is 0 Å². The molecule has 1 fully saturated rings. The summed E-state index contributed by atoms with van der Waals surface area (Å²) in [7, 11) is 0. The van der Waals surface area contributed by atoms with Gasteiger partial charge in [0.25, 0.3) is 5.91 Å². The molecule has 206 valence electrons. The molecule has 0 unspecified atom stereocenters. The summed E-state index contributed by atoms with van der Waals surface area (Å²) in [5.74, 6) is -3.80. The maximum absolute atomic E-state index is 14.9. The van der Waals surface area contributed by atoms with Gasteiger partial charge in [-0.15, -0.1) is 0 Å². The molecule has 0 bridgehead atoms. The zero-order chi connectivity index (χ0) is 27.6. The van der Waals surface area contributed by atoms with Crippen LogP contribution in [0.4, 0.5) is 8.78 Å². The lowest BCUT2D eigenvalue weighted by atomic mass is 9.82. The van der Waals surface area contributed by atoms with Crippen molar-refractivity contribution < 1.29 is 32.6 Å². The monoisotopic (exact) mass is 532 g/mol. The largest absolute Gasteiger partial charge is 0.486 e. The highest BCUT2D eigenvalue weighted by molar-refractivity contribution is 6.17. The number of fused-ring (bicyclic) bond motifs is 1. The average molecular weight is 533 g/mol. The number of hydrogen-bond acceptors (Lipinski definition) is 7. The molecule has 2 aliphatic heterocycles. The number of aromatic nitrogens is 2. The molecule has 0 aliphatic carbocycles. The molecule has 11 heteroatoms. The molecule has 1 saturated heterocycles. The van der Waals surface area contributed by atoms with Crippen molar-refractivity contribution in [3.8, 4) is 5.75 Å². The SMILES string of the molecule is Cc1[nH]nc2c1C(C)(C)CN(C(=O)c1cc(F)c(OCCN3CCOCC3)c(F)c1)C=C2C(=O)OC(C)C. The van der Waals surface area contributed by atoms with Crippen molar-refractivity contribution in [2.45, 2.75) is 46.1 Å². The van der Waals surface area contributed by atoms with E-state index in [2.05, 4.69) is 15.1 Å². The van der Waals surface area contributed by atoms with Crippen LogP contribution in [0, 0.1) is 18.6 Å². The quantitative estimate of drug-likeness (QED) is 0.546. The lowest BCUT2D eigenvalue weighted by Gasteiger charge is -2.29. The van der Waals surface area contributed by atoms with E-state index < -0.39 is 40.8 Å². The van der Waals surface area contributed by atoms with Gasteiger partial charge in [0.15, 0.2) is 17.4 Å². The number of amides is 1. The number of nitrogens with zero attached hydrogens (tertiary/aromatic N) is 3. The third-order valence-corrected chi connectivity index (χ3v) is 6.56. The maximum atomic E-state index is 14.9. The summed E-state index contributed by atoms with van der Waals surface area (Å²) in [4.78, 5) is 29.9. The molecule has 1 N–H and O–H groups in total. The van der Waals surface area contributed by atoms with Gasteiger partial charge in [-0.05, 0) is 32.9 Å². The van der Waals surface area contributed by atoms with Crippen LogP contribution < -0.4 is 4.74 Å². The number of carbonyl (C=O) groups excluding carboxylic acids is 2. The fourth-order valence-corrected chi connectivity index (χ4v) is 4.87. The second-order valence-corrected chi connectivity index (χ2v) is 10.5. The smallest absolute Gasteiger partial charge is 0.342 e. The van der Waals surface area contributed by atoms with E-state index in [4.69, 9.17) is 14.2 Å². The number of aryl methyl sites for hydroxylation is 1. The molecule has 1 amide bonds. The van der Waals surface area contributed by atoms with E-state index in [-0.39, 0.29) is 24.3 Å². The molecule has 0 spiro atoms. The van der Waals surface area contributed by atoms with E-state index in [0.29, 0.717) is 25.5 Å². The standard InChI is InChI=1S/C27H34F2N4O5/c1-16(2)38-26(35)19-14-33(15-27(4,5)22-17(3)30-31-23(19)22)25(34)18-12-20(28)24(21(29)13-18)37-11-8-32-6-9-36-10-7-32/h12-14,16H,6-11,15H2,1-5H3,(H,30,31). The summed E-state index contributed by atoms with van der Waals surface area (Å²) in [6.07, 6.45) is 0.954. The van der Waals surface area contributed by atoms with E-state index in [1.54, 1.807) is 13.8 Å². The molecular formula is C27H34F2N4O5. The summed E-state index contributed by atoms with van der Waals surface area (Å²) < 4.78 is 45.9. The van der Waals surface area contributed by atoms with Crippen LogP contribution in [0.2, 0.25) is 0 Å². The number of hydrogen-bond donors (Lipinski definition) is 1. The molecule has 2 aliphatic rings. The van der Waals surface area contributed by atoms with Gasteiger partial charge >= 0.3 is 5.97 Å². The van der Waals surface area contributed by atoms with Gasteiger partial charge in [0, 0.05) is 54.6 Å². The van der Waals surface area contributed by atoms with Crippen molar-refractivity contribution in [3.63, 3.8) is 0 Å². The third-order valence-electron chi connectivity index (χ3n) is 6.56. The Morgan fingerprint density at radius 1 is 1.18 bits per heavy atom. The number of benzene rings is 1. The Bertz CT molecular complexity index is 1210. The molecule has 9 nitrogen and oxygen atoms in total. The molecule has 1 aromatic heterocycles. The Morgan fingerprint density at radius 2 is 1.84 bits per heavy atom. The molecule has 4 rings (SSSR count). The average Bonchev–Trinajstić information content (AvgIpc) is 3.19. The van der Waals surface area contributed by atoms with Crippen LogP contribution in [0.15, 0.2) is 18.3 Å². The normalized spacial score (nSPS) is 17.6. The summed E-state index contributed by atoms with van der Waals surface area (Å²) in [5.41, 5.74) is 1.13. The van der Waals surface area contributed by atoms with Crippen molar-refractivity contribution in [3.05, 3.63) is 52.5 Å². The van der Waals surface area contributed by atoms with E-state index in [9.17, 15) is 18.4 Å². The number of halogens is 2. The topological polar surface area (TPSA) is 97.0 Å². The van der Waals surface area contributed by atoms with Gasteiger partial charge in [-0.2, -0.15) is 5.10 Å². The minimum Gasteiger partial charge on any atom is -0.486 e. The van der Waals surface area contributed by atoms with Crippen LogP contribution in [0.3, 0.4) is 0 Å². The summed E-state index contributed by atoms with van der Waals surface area (Å²) in [6.45, 7) is 12.5. The van der Waals surface area contributed by atoms with Crippen LogP contribution in [0.1, 0.15) is 55.0 Å². The number of rotatable bonds is 7. The number of aromatic amines is 1. The Morgan fingerprint density at radius 3 is 2.47 bits per heavy atom. The van der Waals surface area contributed by atoms with Gasteiger partial charge in [-0.1, -0.05) is 13.8 Å². The predicted octanol–water partition coefficient (Wildman–Crippen LogP) is 3.43. The lowest BCUT2D eigenvalue weighted by molar-refractivity contribution is -0.140. The molecule has 3 heterocycles. The highest BCUT2D eigenvalue weighted by Crippen LogP contribution is 2.37. The van der Waals surface area contributed by atoms with Crippen molar-refractivity contribution in [2.75, 3.05) is 46.0 Å². The molecule has 0 radical (unpaired) electrons. The van der Waals surface area contributed by atoms with E-state index in [1.165, 1.54) is 11.1 Å². The fraction of sp³-hybridized carbons (Fsp3) is 0.519. The maximum Gasteiger partial charge on any atom is 0.342 e. The van der Waals surface area contributed by atoms with Gasteiger partial charge in [0.05, 0.1) is 19.3 Å². The summed E-state index contributed by atoms with van der Waals surface area (Å²) in [5, 5.41) is 7.22. The number of ether oxygens (including phenoxy) is 3. The molecule has 0 saturated carbocycles. The number of esters is 1. The van der Waals surface area contributed by atoms with Crippen LogP contribution in [-0.4, -0.2) is 84.0 Å². The van der Waals surface area contributed by atoms with E-state index in [0.717, 1.165) is 36.5 Å². The second-order valence-electron chi connectivity index (χ2n) is 10.5. The number of carbonyl (C=O) groups is 2. The molecule has 38 heavy (non-hydrogen) atoms. The summed E-state index contributed by atoms with van der Waals surface area (Å²) in [6, 6.07) is 1.91. The Labute approximate surface area is 220 Å². The van der Waals surface area contributed by atoms with Gasteiger partial charge in [-0.25, -0.2) is 13.6 Å². The third kappa shape index (κ3) is 5.88. The Kier molecular flexibility index (Phi) is 8.17. The van der Waals surface area contributed by atoms with Crippen LogP contribution in [0.25, 0.3) is 5.57 Å². The highest BCUT2D eigenvalue weighted by Gasteiger charge is 2.38.